The number of nitrogens with one attached hydrogen (secondary N) is 1. The lowest BCUT2D eigenvalue weighted by molar-refractivity contribution is -0.149. The summed E-state index contributed by atoms with van der Waals surface area (Å²) >= 11 is 0. The van der Waals surface area contributed by atoms with E-state index in [1.54, 1.807) is 18.2 Å². The van der Waals surface area contributed by atoms with E-state index in [9.17, 15) is 9.59 Å². The van der Waals surface area contributed by atoms with Gasteiger partial charge in [-0.25, -0.2) is 4.79 Å². The van der Waals surface area contributed by atoms with Gasteiger partial charge in [-0.1, -0.05) is 6.07 Å². The normalized spacial score (nSPS) is 14.5. The van der Waals surface area contributed by atoms with Crippen molar-refractivity contribution in [1.29, 1.82) is 0 Å². The molecule has 0 saturated carbocycles. The average molecular weight is 397 g/mol. The molecule has 1 aliphatic carbocycles. The largest absolute Gasteiger partial charge is 0.490 e. The third kappa shape index (κ3) is 4.99. The molecule has 0 saturated heterocycles. The van der Waals surface area contributed by atoms with Gasteiger partial charge in [0.1, 0.15) is 5.75 Å². The first-order valence-corrected chi connectivity index (χ1v) is 9.77. The Morgan fingerprint density at radius 2 is 1.72 bits per heavy atom. The number of esters is 1. The number of hydrogen-bond donors (Lipinski definition) is 1. The fourth-order valence-electron chi connectivity index (χ4n) is 3.41. The number of amides is 1. The molecule has 1 N–H and O–H groups in total. The highest BCUT2D eigenvalue weighted by Gasteiger charge is 2.14. The van der Waals surface area contributed by atoms with E-state index < -0.39 is 11.9 Å². The zero-order chi connectivity index (χ0) is 20.1. The second kappa shape index (κ2) is 8.86. The fraction of sp³-hybridized carbons (Fsp3) is 0.364. The van der Waals surface area contributed by atoms with E-state index in [1.165, 1.54) is 11.1 Å². The summed E-state index contributed by atoms with van der Waals surface area (Å²) in [5, 5.41) is 2.68. The van der Waals surface area contributed by atoms with Crippen molar-refractivity contribution in [2.75, 3.05) is 31.7 Å². The van der Waals surface area contributed by atoms with Crippen LogP contribution >= 0.6 is 0 Å². The van der Waals surface area contributed by atoms with Gasteiger partial charge >= 0.3 is 5.97 Å². The lowest BCUT2D eigenvalue weighted by Crippen LogP contribution is -2.23. The predicted molar refractivity (Wildman–Crippen MR) is 106 cm³/mol. The highest BCUT2D eigenvalue weighted by Crippen LogP contribution is 2.32. The number of aryl methyl sites for hydroxylation is 2. The van der Waals surface area contributed by atoms with Crippen LogP contribution in [0.25, 0.3) is 0 Å². The summed E-state index contributed by atoms with van der Waals surface area (Å²) in [6, 6.07) is 11.0. The molecule has 0 atom stereocenters. The number of fused-ring (bicyclic) bond motifs is 2. The molecular weight excluding hydrogens is 374 g/mol. The summed E-state index contributed by atoms with van der Waals surface area (Å²) in [5.74, 6) is 0.833. The Bertz CT molecular complexity index is 910. The summed E-state index contributed by atoms with van der Waals surface area (Å²) in [4.78, 5) is 23.9. The zero-order valence-corrected chi connectivity index (χ0v) is 16.1. The maximum atomic E-state index is 12.1. The van der Waals surface area contributed by atoms with Crippen LogP contribution in [-0.4, -0.2) is 38.3 Å². The van der Waals surface area contributed by atoms with E-state index in [0.29, 0.717) is 36.1 Å². The molecule has 2 aromatic rings. The Kier molecular flexibility index (Phi) is 5.84. The monoisotopic (exact) mass is 397 g/mol. The number of ether oxygens (including phenoxy) is 4. The smallest absolute Gasteiger partial charge is 0.344 e. The van der Waals surface area contributed by atoms with E-state index in [2.05, 4.69) is 5.32 Å². The maximum Gasteiger partial charge on any atom is 0.344 e. The van der Waals surface area contributed by atoms with Crippen molar-refractivity contribution in [3.8, 4) is 17.2 Å². The first-order valence-electron chi connectivity index (χ1n) is 9.77. The van der Waals surface area contributed by atoms with Crippen molar-refractivity contribution in [3.05, 3.63) is 47.5 Å². The molecule has 0 aromatic heterocycles. The summed E-state index contributed by atoms with van der Waals surface area (Å²) in [7, 11) is 0. The van der Waals surface area contributed by atoms with E-state index in [-0.39, 0.29) is 13.2 Å². The molecule has 0 fully saturated rings. The third-order valence-electron chi connectivity index (χ3n) is 4.82. The van der Waals surface area contributed by atoms with Crippen LogP contribution in [0.15, 0.2) is 36.4 Å². The van der Waals surface area contributed by atoms with Crippen molar-refractivity contribution in [2.24, 2.45) is 0 Å². The van der Waals surface area contributed by atoms with Gasteiger partial charge in [0.25, 0.3) is 5.91 Å². The number of anilines is 1. The van der Waals surface area contributed by atoms with Crippen LogP contribution in [0.5, 0.6) is 17.2 Å². The Balaban J connectivity index is 1.22. The van der Waals surface area contributed by atoms with Gasteiger partial charge < -0.3 is 24.3 Å². The second-order valence-corrected chi connectivity index (χ2v) is 6.99. The number of carbonyl (C=O) groups is 2. The minimum atomic E-state index is -0.598. The van der Waals surface area contributed by atoms with E-state index in [4.69, 9.17) is 18.9 Å². The summed E-state index contributed by atoms with van der Waals surface area (Å²) < 4.78 is 21.6. The van der Waals surface area contributed by atoms with Crippen molar-refractivity contribution in [3.63, 3.8) is 0 Å². The number of rotatable bonds is 6. The zero-order valence-electron chi connectivity index (χ0n) is 16.1. The van der Waals surface area contributed by atoms with Gasteiger partial charge in [-0.05, 0) is 54.7 Å². The molecule has 0 bridgehead atoms. The van der Waals surface area contributed by atoms with Gasteiger partial charge in [-0.2, -0.15) is 0 Å². The Hall–Kier alpha value is -3.22. The number of benzene rings is 2. The molecule has 29 heavy (non-hydrogen) atoms. The van der Waals surface area contributed by atoms with Crippen molar-refractivity contribution in [1.82, 2.24) is 0 Å². The van der Waals surface area contributed by atoms with Crippen LogP contribution in [0, 0.1) is 0 Å². The summed E-state index contributed by atoms with van der Waals surface area (Å²) in [6.07, 6.45) is 4.09. The van der Waals surface area contributed by atoms with Gasteiger partial charge in [0.2, 0.25) is 0 Å². The number of hydrogen-bond acceptors (Lipinski definition) is 6. The third-order valence-corrected chi connectivity index (χ3v) is 4.82. The molecule has 0 spiro atoms. The Morgan fingerprint density at radius 1 is 0.897 bits per heavy atom. The lowest BCUT2D eigenvalue weighted by atomic mass is 10.1. The van der Waals surface area contributed by atoms with Crippen molar-refractivity contribution < 1.29 is 28.5 Å². The molecule has 0 unspecified atom stereocenters. The van der Waals surface area contributed by atoms with Gasteiger partial charge in [0, 0.05) is 18.2 Å². The van der Waals surface area contributed by atoms with Crippen molar-refractivity contribution >= 4 is 17.6 Å². The Morgan fingerprint density at radius 3 is 2.62 bits per heavy atom. The first-order chi connectivity index (χ1) is 14.2. The maximum absolute atomic E-state index is 12.1. The molecular formula is C22H23NO6. The Labute approximate surface area is 168 Å². The topological polar surface area (TPSA) is 83.1 Å². The molecule has 4 rings (SSSR count). The molecule has 1 heterocycles. The van der Waals surface area contributed by atoms with Crippen LogP contribution < -0.4 is 19.5 Å². The molecule has 2 aliphatic rings. The fourth-order valence-corrected chi connectivity index (χ4v) is 3.41. The molecule has 1 aliphatic heterocycles. The van der Waals surface area contributed by atoms with Crippen molar-refractivity contribution in [2.45, 2.75) is 25.7 Å². The lowest BCUT2D eigenvalue weighted by Gasteiger charge is -2.11. The average Bonchev–Trinajstić information content (AvgIpc) is 3.07. The first kappa shape index (κ1) is 19.1. The molecule has 0 radical (unpaired) electrons. The van der Waals surface area contributed by atoms with Crippen LogP contribution in [0.3, 0.4) is 0 Å². The van der Waals surface area contributed by atoms with Gasteiger partial charge in [0.15, 0.2) is 24.7 Å². The van der Waals surface area contributed by atoms with Crippen LogP contribution in [0.4, 0.5) is 5.69 Å². The van der Waals surface area contributed by atoms with Gasteiger partial charge in [-0.15, -0.1) is 0 Å². The minimum Gasteiger partial charge on any atom is -0.490 e. The van der Waals surface area contributed by atoms with Gasteiger partial charge in [0.05, 0.1) is 13.2 Å². The molecule has 7 nitrogen and oxygen atoms in total. The quantitative estimate of drug-likeness (QED) is 0.755. The van der Waals surface area contributed by atoms with Crippen LogP contribution in [0.2, 0.25) is 0 Å². The molecule has 2 aromatic carbocycles. The van der Waals surface area contributed by atoms with Crippen LogP contribution in [-0.2, 0) is 27.2 Å². The van der Waals surface area contributed by atoms with E-state index in [1.807, 2.05) is 18.2 Å². The van der Waals surface area contributed by atoms with Crippen LogP contribution in [0.1, 0.15) is 24.0 Å². The van der Waals surface area contributed by atoms with E-state index in [0.717, 1.165) is 25.7 Å². The highest BCUT2D eigenvalue weighted by molar-refractivity contribution is 5.93. The second-order valence-electron chi connectivity index (χ2n) is 6.99. The standard InChI is InChI=1S/C22H23NO6/c24-21(23-17-6-8-19-20(12-17)27-10-2-9-26-19)13-29-22(25)14-28-18-7-5-15-3-1-4-16(15)11-18/h5-8,11-12H,1-4,9-10,13-14H2,(H,23,24). The number of carbonyl (C=O) groups excluding carboxylic acids is 2. The molecule has 7 heteroatoms. The SMILES string of the molecule is O=C(COC(=O)COc1ccc2c(c1)CCC2)Nc1ccc2c(c1)OCCCO2. The summed E-state index contributed by atoms with van der Waals surface area (Å²) in [5.41, 5.74) is 3.15. The van der Waals surface area contributed by atoms with Gasteiger partial charge in [-0.3, -0.25) is 4.79 Å². The molecule has 1 amide bonds. The summed E-state index contributed by atoms with van der Waals surface area (Å²) in [6.45, 7) is 0.533. The minimum absolute atomic E-state index is 0.240. The highest BCUT2D eigenvalue weighted by atomic mass is 16.6. The predicted octanol–water partition coefficient (Wildman–Crippen LogP) is 2.90. The molecule has 152 valence electrons. The van der Waals surface area contributed by atoms with E-state index >= 15 is 0 Å².